The number of morpholine rings is 1. The minimum Gasteiger partial charge on any atom is -0.379 e. The number of ether oxygens (including phenoxy) is 1. The van der Waals surface area contributed by atoms with E-state index in [1.165, 1.54) is 11.7 Å². The third-order valence-corrected chi connectivity index (χ3v) is 5.43. The Balaban J connectivity index is 1.63. The molecule has 1 N–H and O–H groups in total. The van der Waals surface area contributed by atoms with Crippen LogP contribution in [0.3, 0.4) is 0 Å². The van der Waals surface area contributed by atoms with Crippen molar-refractivity contribution in [3.63, 3.8) is 0 Å². The zero-order valence-electron chi connectivity index (χ0n) is 17.6. The van der Waals surface area contributed by atoms with Crippen molar-refractivity contribution in [3.05, 3.63) is 76.2 Å². The van der Waals surface area contributed by atoms with Gasteiger partial charge >= 0.3 is 0 Å². The maximum Gasteiger partial charge on any atom is 0.292 e. The van der Waals surface area contributed by atoms with Crippen molar-refractivity contribution in [1.82, 2.24) is 20.1 Å². The first-order chi connectivity index (χ1) is 15.1. The third-order valence-electron chi connectivity index (χ3n) is 5.43. The van der Waals surface area contributed by atoms with Gasteiger partial charge in [-0.3, -0.25) is 14.5 Å². The number of hydrogen-bond donors (Lipinski definition) is 1. The number of nitrogens with one attached hydrogen (secondary N) is 1. The summed E-state index contributed by atoms with van der Waals surface area (Å²) in [5, 5.41) is 9.54. The highest BCUT2D eigenvalue weighted by Crippen LogP contribution is 2.23. The molecule has 31 heavy (non-hydrogen) atoms. The van der Waals surface area contributed by atoms with Gasteiger partial charge in [-0.05, 0) is 18.6 Å². The summed E-state index contributed by atoms with van der Waals surface area (Å²) in [6.07, 6.45) is 0. The standard InChI is InChI=1S/C23H25N5O3/c1-16(21(17-8-4-3-5-9-17)28-12-14-31-15-13-28)24-25-22(29)20-18-10-6-7-11-19(18)23(30)27(2)26-20/h3-11,21H,12-15H2,1-2H3,(H,25,29)/b24-16-. The van der Waals surface area contributed by atoms with Crippen LogP contribution in [-0.2, 0) is 11.8 Å². The van der Waals surface area contributed by atoms with Gasteiger partial charge in [0.25, 0.3) is 11.5 Å². The van der Waals surface area contributed by atoms with Crippen molar-refractivity contribution in [1.29, 1.82) is 0 Å². The van der Waals surface area contributed by atoms with Crippen LogP contribution in [0.2, 0.25) is 0 Å². The van der Waals surface area contributed by atoms with Gasteiger partial charge < -0.3 is 4.74 Å². The number of nitrogens with zero attached hydrogens (tertiary/aromatic N) is 4. The van der Waals surface area contributed by atoms with E-state index >= 15 is 0 Å². The van der Waals surface area contributed by atoms with Gasteiger partial charge in [-0.15, -0.1) is 0 Å². The quantitative estimate of drug-likeness (QED) is 0.505. The number of amides is 1. The first-order valence-electron chi connectivity index (χ1n) is 10.2. The molecule has 1 unspecified atom stereocenters. The van der Waals surface area contributed by atoms with Crippen molar-refractivity contribution >= 4 is 22.4 Å². The molecule has 8 nitrogen and oxygen atoms in total. The van der Waals surface area contributed by atoms with Crippen molar-refractivity contribution in [3.8, 4) is 0 Å². The van der Waals surface area contributed by atoms with Gasteiger partial charge in [-0.1, -0.05) is 48.5 Å². The van der Waals surface area contributed by atoms with Gasteiger partial charge in [-0.2, -0.15) is 10.2 Å². The first-order valence-corrected chi connectivity index (χ1v) is 10.2. The van der Waals surface area contributed by atoms with Crippen LogP contribution in [0.4, 0.5) is 0 Å². The summed E-state index contributed by atoms with van der Waals surface area (Å²) in [7, 11) is 1.53. The molecule has 1 atom stereocenters. The predicted octanol–water partition coefficient (Wildman–Crippen LogP) is 2.11. The molecule has 0 spiro atoms. The van der Waals surface area contributed by atoms with Crippen molar-refractivity contribution in [2.75, 3.05) is 26.3 Å². The highest BCUT2D eigenvalue weighted by Gasteiger charge is 2.25. The van der Waals surface area contributed by atoms with E-state index in [1.54, 1.807) is 24.3 Å². The van der Waals surface area contributed by atoms with E-state index in [-0.39, 0.29) is 17.3 Å². The highest BCUT2D eigenvalue weighted by atomic mass is 16.5. The Bertz CT molecular complexity index is 1170. The van der Waals surface area contributed by atoms with Gasteiger partial charge in [0.05, 0.1) is 30.4 Å². The first kappa shape index (κ1) is 20.9. The lowest BCUT2D eigenvalue weighted by atomic mass is 10.0. The van der Waals surface area contributed by atoms with Crippen LogP contribution in [0.15, 0.2) is 64.5 Å². The average Bonchev–Trinajstić information content (AvgIpc) is 2.81. The number of benzene rings is 2. The van der Waals surface area contributed by atoms with Crippen LogP contribution >= 0.6 is 0 Å². The monoisotopic (exact) mass is 419 g/mol. The fraction of sp³-hybridized carbons (Fsp3) is 0.304. The summed E-state index contributed by atoms with van der Waals surface area (Å²) in [6, 6.07) is 17.0. The lowest BCUT2D eigenvalue weighted by Gasteiger charge is -2.34. The molecule has 1 saturated heterocycles. The molecule has 3 aromatic rings. The van der Waals surface area contributed by atoms with Crippen LogP contribution in [-0.4, -0.2) is 52.6 Å². The van der Waals surface area contributed by atoms with Gasteiger partial charge in [0.15, 0.2) is 5.69 Å². The second kappa shape index (κ2) is 9.20. The van der Waals surface area contributed by atoms with Crippen molar-refractivity contribution in [2.24, 2.45) is 12.1 Å². The summed E-state index contributed by atoms with van der Waals surface area (Å²) in [4.78, 5) is 27.5. The molecular weight excluding hydrogens is 394 g/mol. The van der Waals surface area contributed by atoms with E-state index in [0.29, 0.717) is 24.0 Å². The Hall–Kier alpha value is -3.36. The van der Waals surface area contributed by atoms with Crippen LogP contribution in [0.5, 0.6) is 0 Å². The Morgan fingerprint density at radius 3 is 2.42 bits per heavy atom. The zero-order chi connectivity index (χ0) is 21.8. The van der Waals surface area contributed by atoms with Crippen molar-refractivity contribution in [2.45, 2.75) is 13.0 Å². The maximum atomic E-state index is 12.9. The Morgan fingerprint density at radius 1 is 1.06 bits per heavy atom. The number of hydrogen-bond acceptors (Lipinski definition) is 6. The number of carbonyl (C=O) groups excluding carboxylic acids is 1. The molecule has 1 aromatic heterocycles. The van der Waals surface area contributed by atoms with E-state index in [2.05, 4.69) is 32.7 Å². The summed E-state index contributed by atoms with van der Waals surface area (Å²) in [5.74, 6) is -0.458. The fourth-order valence-electron chi connectivity index (χ4n) is 3.91. The van der Waals surface area contributed by atoms with E-state index in [0.717, 1.165) is 24.4 Å². The normalized spacial score (nSPS) is 16.3. The molecule has 0 saturated carbocycles. The van der Waals surface area contributed by atoms with E-state index < -0.39 is 5.91 Å². The lowest BCUT2D eigenvalue weighted by molar-refractivity contribution is 0.0285. The second-order valence-electron chi connectivity index (χ2n) is 7.48. The van der Waals surface area contributed by atoms with Crippen LogP contribution < -0.4 is 11.0 Å². The largest absolute Gasteiger partial charge is 0.379 e. The molecule has 1 aliphatic heterocycles. The fourth-order valence-corrected chi connectivity index (χ4v) is 3.91. The van der Waals surface area contributed by atoms with E-state index in [1.807, 2.05) is 25.1 Å². The minimum atomic E-state index is -0.458. The Labute approximate surface area is 180 Å². The van der Waals surface area contributed by atoms with E-state index in [9.17, 15) is 9.59 Å². The Kier molecular flexibility index (Phi) is 6.20. The number of rotatable bonds is 5. The molecule has 0 aliphatic carbocycles. The lowest BCUT2D eigenvalue weighted by Crippen LogP contribution is -2.42. The molecule has 1 fully saturated rings. The number of aryl methyl sites for hydroxylation is 1. The molecule has 1 amide bonds. The molecular formula is C23H25N5O3. The number of hydrazone groups is 1. The maximum absolute atomic E-state index is 12.9. The SMILES string of the molecule is C/C(=N/NC(=O)c1nn(C)c(=O)c2ccccc12)C(c1ccccc1)N1CCOCC1. The predicted molar refractivity (Wildman–Crippen MR) is 119 cm³/mol. The summed E-state index contributed by atoms with van der Waals surface area (Å²) < 4.78 is 6.67. The molecule has 2 heterocycles. The summed E-state index contributed by atoms with van der Waals surface area (Å²) >= 11 is 0. The zero-order valence-corrected chi connectivity index (χ0v) is 17.6. The van der Waals surface area contributed by atoms with Gasteiger partial charge in [0.2, 0.25) is 0 Å². The highest BCUT2D eigenvalue weighted by molar-refractivity contribution is 6.05. The molecule has 8 heteroatoms. The van der Waals surface area contributed by atoms with Crippen LogP contribution in [0, 0.1) is 0 Å². The third kappa shape index (κ3) is 4.40. The van der Waals surface area contributed by atoms with Crippen LogP contribution in [0.1, 0.15) is 29.0 Å². The minimum absolute atomic E-state index is 0.0739. The average molecular weight is 419 g/mol. The molecule has 4 rings (SSSR count). The van der Waals surface area contributed by atoms with Crippen molar-refractivity contribution < 1.29 is 9.53 Å². The van der Waals surface area contributed by atoms with Crippen LogP contribution in [0.25, 0.3) is 10.8 Å². The molecule has 0 radical (unpaired) electrons. The number of aromatic nitrogens is 2. The van der Waals surface area contributed by atoms with E-state index in [4.69, 9.17) is 4.74 Å². The molecule has 1 aliphatic rings. The topological polar surface area (TPSA) is 88.8 Å². The summed E-state index contributed by atoms with van der Waals surface area (Å²) in [6.45, 7) is 4.80. The molecule has 160 valence electrons. The number of fused-ring (bicyclic) bond motifs is 1. The molecule has 0 bridgehead atoms. The van der Waals surface area contributed by atoms with Gasteiger partial charge in [-0.25, -0.2) is 10.1 Å². The molecule has 2 aromatic carbocycles. The van der Waals surface area contributed by atoms with Gasteiger partial charge in [0, 0.05) is 25.5 Å². The Morgan fingerprint density at radius 2 is 1.71 bits per heavy atom. The smallest absolute Gasteiger partial charge is 0.292 e. The number of carbonyl (C=O) groups is 1. The second-order valence-corrected chi connectivity index (χ2v) is 7.48. The van der Waals surface area contributed by atoms with Gasteiger partial charge in [0.1, 0.15) is 0 Å². The summed E-state index contributed by atoms with van der Waals surface area (Å²) in [5.41, 5.74) is 4.42.